The molecule has 2 aromatic carbocycles. The smallest absolute Gasteiger partial charge is 0.200 e. The van der Waals surface area contributed by atoms with E-state index in [0.717, 1.165) is 10.0 Å². The van der Waals surface area contributed by atoms with E-state index in [0.29, 0.717) is 16.3 Å². The van der Waals surface area contributed by atoms with Crippen LogP contribution in [0.2, 0.25) is 5.02 Å². The Kier molecular flexibility index (Phi) is 4.61. The van der Waals surface area contributed by atoms with Gasteiger partial charge in [-0.25, -0.2) is 0 Å². The van der Waals surface area contributed by atoms with Crippen LogP contribution in [0.4, 0.5) is 0 Å². The fourth-order valence-corrected chi connectivity index (χ4v) is 2.30. The molecule has 0 unspecified atom stereocenters. The van der Waals surface area contributed by atoms with Gasteiger partial charge in [0, 0.05) is 10.0 Å². The van der Waals surface area contributed by atoms with Crippen LogP contribution in [0.3, 0.4) is 0 Å². The Bertz CT molecular complexity index is 611. The molecule has 98 valence electrons. The topological polar surface area (TPSA) is 26.3 Å². The number of carbonyl (C=O) groups excluding carboxylic acids is 1. The normalized spacial score (nSPS) is 10.3. The van der Waals surface area contributed by atoms with Gasteiger partial charge in [0.25, 0.3) is 0 Å². The van der Waals surface area contributed by atoms with Crippen molar-refractivity contribution in [2.45, 2.75) is 6.92 Å². The van der Waals surface area contributed by atoms with Gasteiger partial charge in [0.1, 0.15) is 5.75 Å². The van der Waals surface area contributed by atoms with Gasteiger partial charge in [-0.2, -0.15) is 0 Å². The molecular weight excluding hydrogens is 328 g/mol. The van der Waals surface area contributed by atoms with Gasteiger partial charge in [-0.15, -0.1) is 0 Å². The van der Waals surface area contributed by atoms with Gasteiger partial charge in [0.2, 0.25) is 0 Å². The minimum atomic E-state index is -0.0852. The van der Waals surface area contributed by atoms with Crippen molar-refractivity contribution in [2.24, 2.45) is 0 Å². The summed E-state index contributed by atoms with van der Waals surface area (Å²) >= 11 is 9.37. The summed E-state index contributed by atoms with van der Waals surface area (Å²) in [5, 5.41) is 0.516. The van der Waals surface area contributed by atoms with Gasteiger partial charge >= 0.3 is 0 Å². The molecular formula is C15H12BrClO2. The molecule has 0 N–H and O–H groups in total. The maximum atomic E-state index is 12.0. The minimum Gasteiger partial charge on any atom is -0.484 e. The summed E-state index contributed by atoms with van der Waals surface area (Å²) in [7, 11) is 0. The highest BCUT2D eigenvalue weighted by Crippen LogP contribution is 2.25. The molecule has 0 saturated carbocycles. The molecule has 19 heavy (non-hydrogen) atoms. The molecule has 0 saturated heterocycles. The number of aryl methyl sites for hydroxylation is 1. The number of ketones is 1. The predicted molar refractivity (Wildman–Crippen MR) is 80.2 cm³/mol. The lowest BCUT2D eigenvalue weighted by Gasteiger charge is -2.08. The number of Topliss-reactive ketones (excluding diaryl/α,β-unsaturated/α-hetero) is 1. The van der Waals surface area contributed by atoms with Gasteiger partial charge < -0.3 is 4.74 Å². The molecule has 2 aromatic rings. The summed E-state index contributed by atoms with van der Waals surface area (Å²) < 4.78 is 6.32. The van der Waals surface area contributed by atoms with Crippen molar-refractivity contribution in [1.29, 1.82) is 0 Å². The van der Waals surface area contributed by atoms with Gasteiger partial charge in [0.05, 0.1) is 5.02 Å². The average Bonchev–Trinajstić information content (AvgIpc) is 2.37. The molecule has 4 heteroatoms. The summed E-state index contributed by atoms with van der Waals surface area (Å²) in [4.78, 5) is 12.0. The lowest BCUT2D eigenvalue weighted by Crippen LogP contribution is -2.11. The SMILES string of the molecule is Cc1ccc(OCC(=O)c2cccc(Br)c2)c(Cl)c1. The molecule has 0 radical (unpaired) electrons. The van der Waals surface area contributed by atoms with Crippen LogP contribution in [-0.2, 0) is 0 Å². The summed E-state index contributed by atoms with van der Waals surface area (Å²) in [6.45, 7) is 1.92. The third kappa shape index (κ3) is 3.82. The fourth-order valence-electron chi connectivity index (χ4n) is 1.61. The molecule has 0 atom stereocenters. The van der Waals surface area contributed by atoms with Crippen molar-refractivity contribution in [2.75, 3.05) is 6.61 Å². The van der Waals surface area contributed by atoms with Gasteiger partial charge in [-0.1, -0.05) is 45.7 Å². The van der Waals surface area contributed by atoms with Gasteiger partial charge in [0.15, 0.2) is 12.4 Å². The van der Waals surface area contributed by atoms with Crippen LogP contribution >= 0.6 is 27.5 Å². The zero-order valence-corrected chi connectivity index (χ0v) is 12.7. The maximum absolute atomic E-state index is 12.0. The van der Waals surface area contributed by atoms with Crippen LogP contribution < -0.4 is 4.74 Å². The molecule has 2 rings (SSSR count). The van der Waals surface area contributed by atoms with E-state index in [1.165, 1.54) is 0 Å². The number of hydrogen-bond donors (Lipinski definition) is 0. The molecule has 0 bridgehead atoms. The van der Waals surface area contributed by atoms with Crippen molar-refractivity contribution in [3.8, 4) is 5.75 Å². The van der Waals surface area contributed by atoms with E-state index in [1.54, 1.807) is 24.3 Å². The molecule has 0 spiro atoms. The van der Waals surface area contributed by atoms with Crippen molar-refractivity contribution in [1.82, 2.24) is 0 Å². The molecule has 0 heterocycles. The summed E-state index contributed by atoms with van der Waals surface area (Å²) in [5.41, 5.74) is 1.66. The highest BCUT2D eigenvalue weighted by Gasteiger charge is 2.09. The fraction of sp³-hybridized carbons (Fsp3) is 0.133. The van der Waals surface area contributed by atoms with E-state index >= 15 is 0 Å². The Morgan fingerprint density at radius 3 is 2.74 bits per heavy atom. The monoisotopic (exact) mass is 338 g/mol. The lowest BCUT2D eigenvalue weighted by atomic mass is 10.1. The van der Waals surface area contributed by atoms with Crippen LogP contribution in [0, 0.1) is 6.92 Å². The Hall–Kier alpha value is -1.32. The van der Waals surface area contributed by atoms with Crippen LogP contribution in [0.25, 0.3) is 0 Å². The van der Waals surface area contributed by atoms with E-state index in [4.69, 9.17) is 16.3 Å². The lowest BCUT2D eigenvalue weighted by molar-refractivity contribution is 0.0921. The second kappa shape index (κ2) is 6.22. The standard InChI is InChI=1S/C15H12BrClO2/c1-10-5-6-15(13(17)7-10)19-9-14(18)11-3-2-4-12(16)8-11/h2-8H,9H2,1H3. The first-order valence-corrected chi connectivity index (χ1v) is 6.91. The maximum Gasteiger partial charge on any atom is 0.200 e. The molecule has 2 nitrogen and oxygen atoms in total. The number of ether oxygens (including phenoxy) is 1. The summed E-state index contributed by atoms with van der Waals surface area (Å²) in [5.74, 6) is 0.438. The zero-order valence-electron chi connectivity index (χ0n) is 10.3. The predicted octanol–water partition coefficient (Wildman–Crippen LogP) is 4.67. The Morgan fingerprint density at radius 2 is 2.05 bits per heavy atom. The van der Waals surface area contributed by atoms with E-state index in [9.17, 15) is 4.79 Å². The Labute approximate surface area is 125 Å². The number of carbonyl (C=O) groups is 1. The highest BCUT2D eigenvalue weighted by molar-refractivity contribution is 9.10. The Morgan fingerprint density at radius 1 is 1.26 bits per heavy atom. The first-order chi connectivity index (χ1) is 9.06. The van der Waals surface area contributed by atoms with E-state index in [-0.39, 0.29) is 12.4 Å². The van der Waals surface area contributed by atoms with Crippen LogP contribution in [0.15, 0.2) is 46.9 Å². The molecule has 0 fully saturated rings. The average molecular weight is 340 g/mol. The second-order valence-electron chi connectivity index (χ2n) is 4.16. The number of hydrogen-bond acceptors (Lipinski definition) is 2. The van der Waals surface area contributed by atoms with Crippen molar-refractivity contribution in [3.05, 3.63) is 63.1 Å². The quantitative estimate of drug-likeness (QED) is 0.757. The van der Waals surface area contributed by atoms with Gasteiger partial charge in [-0.05, 0) is 36.8 Å². The molecule has 0 aliphatic carbocycles. The molecule has 0 aromatic heterocycles. The molecule has 0 aliphatic heterocycles. The van der Waals surface area contributed by atoms with E-state index in [1.807, 2.05) is 25.1 Å². The Balaban J connectivity index is 2.04. The van der Waals surface area contributed by atoms with Crippen molar-refractivity contribution < 1.29 is 9.53 Å². The highest BCUT2D eigenvalue weighted by atomic mass is 79.9. The third-order valence-corrected chi connectivity index (χ3v) is 3.38. The van der Waals surface area contributed by atoms with Crippen LogP contribution in [-0.4, -0.2) is 12.4 Å². The number of rotatable bonds is 4. The van der Waals surface area contributed by atoms with Gasteiger partial charge in [-0.3, -0.25) is 4.79 Å². The zero-order chi connectivity index (χ0) is 13.8. The van der Waals surface area contributed by atoms with Crippen LogP contribution in [0.5, 0.6) is 5.75 Å². The van der Waals surface area contributed by atoms with Crippen molar-refractivity contribution >= 4 is 33.3 Å². The van der Waals surface area contributed by atoms with E-state index < -0.39 is 0 Å². The molecule has 0 amide bonds. The minimum absolute atomic E-state index is 0.0285. The molecule has 0 aliphatic rings. The number of halogens is 2. The van der Waals surface area contributed by atoms with Crippen LogP contribution in [0.1, 0.15) is 15.9 Å². The summed E-state index contributed by atoms with van der Waals surface area (Å²) in [6, 6.07) is 12.7. The second-order valence-corrected chi connectivity index (χ2v) is 5.48. The first-order valence-electron chi connectivity index (χ1n) is 5.74. The van der Waals surface area contributed by atoms with Crippen molar-refractivity contribution in [3.63, 3.8) is 0 Å². The number of benzene rings is 2. The third-order valence-electron chi connectivity index (χ3n) is 2.59. The summed E-state index contributed by atoms with van der Waals surface area (Å²) in [6.07, 6.45) is 0. The van der Waals surface area contributed by atoms with E-state index in [2.05, 4.69) is 15.9 Å². The first kappa shape index (κ1) is 14.1. The largest absolute Gasteiger partial charge is 0.484 e.